The quantitative estimate of drug-likeness (QED) is 0.442. The van der Waals surface area contributed by atoms with E-state index in [0.29, 0.717) is 16.3 Å². The molecule has 0 unspecified atom stereocenters. The minimum atomic E-state index is -0.595. The Morgan fingerprint density at radius 2 is 1.97 bits per heavy atom. The summed E-state index contributed by atoms with van der Waals surface area (Å²) in [5.74, 6) is -0.629. The molecule has 172 valence electrons. The molecule has 3 aromatic heterocycles. The maximum atomic E-state index is 14.6. The lowest BCUT2D eigenvalue weighted by molar-refractivity contribution is 0.277. The normalized spacial score (nSPS) is 11.3. The van der Waals surface area contributed by atoms with Crippen LogP contribution in [0.3, 0.4) is 0 Å². The highest BCUT2D eigenvalue weighted by Gasteiger charge is 2.23. The lowest BCUT2D eigenvalue weighted by Crippen LogP contribution is -2.39. The summed E-state index contributed by atoms with van der Waals surface area (Å²) in [5.41, 5.74) is -0.0695. The van der Waals surface area contributed by atoms with Crippen molar-refractivity contribution in [2.24, 2.45) is 7.05 Å². The highest BCUT2D eigenvalue weighted by molar-refractivity contribution is 6.30. The molecule has 0 amide bonds. The zero-order valence-electron chi connectivity index (χ0n) is 18.0. The van der Waals surface area contributed by atoms with E-state index < -0.39 is 17.1 Å². The van der Waals surface area contributed by atoms with Crippen LogP contribution in [0, 0.1) is 12.7 Å². The van der Waals surface area contributed by atoms with E-state index >= 15 is 0 Å². The number of aliphatic hydroxyl groups excluding tert-OH is 1. The lowest BCUT2D eigenvalue weighted by atomic mass is 10.2. The third kappa shape index (κ3) is 4.27. The molecular weight excluding hydrogens is 453 g/mol. The van der Waals surface area contributed by atoms with Crippen LogP contribution in [0.4, 0.5) is 4.39 Å². The minimum absolute atomic E-state index is 0.0328. The van der Waals surface area contributed by atoms with Crippen molar-refractivity contribution in [3.05, 3.63) is 79.5 Å². The van der Waals surface area contributed by atoms with Crippen molar-refractivity contribution in [3.63, 3.8) is 0 Å². The van der Waals surface area contributed by atoms with Crippen LogP contribution >= 0.6 is 11.6 Å². The maximum absolute atomic E-state index is 14.6. The predicted molar refractivity (Wildman–Crippen MR) is 120 cm³/mol. The first kappa shape index (κ1) is 22.7. The summed E-state index contributed by atoms with van der Waals surface area (Å²) in [6.45, 7) is 1.52. The number of imidazole rings is 1. The van der Waals surface area contributed by atoms with Crippen LogP contribution in [0.2, 0.25) is 5.02 Å². The summed E-state index contributed by atoms with van der Waals surface area (Å²) in [7, 11) is 1.48. The molecule has 0 spiro atoms. The van der Waals surface area contributed by atoms with Crippen molar-refractivity contribution in [2.75, 3.05) is 6.61 Å². The number of rotatable bonds is 7. The van der Waals surface area contributed by atoms with Crippen molar-refractivity contribution in [1.82, 2.24) is 23.7 Å². The van der Waals surface area contributed by atoms with Gasteiger partial charge in [-0.3, -0.25) is 23.5 Å². The number of ether oxygens (including phenoxy) is 1. The summed E-state index contributed by atoms with van der Waals surface area (Å²) in [4.78, 5) is 34.7. The second kappa shape index (κ2) is 9.16. The molecule has 0 fully saturated rings. The van der Waals surface area contributed by atoms with Gasteiger partial charge in [-0.05, 0) is 37.1 Å². The van der Waals surface area contributed by atoms with Crippen LogP contribution in [0.25, 0.3) is 11.2 Å². The lowest BCUT2D eigenvalue weighted by Gasteiger charge is -2.11. The number of benzene rings is 1. The molecule has 11 heteroatoms. The van der Waals surface area contributed by atoms with E-state index in [9.17, 15) is 14.0 Å². The first-order chi connectivity index (χ1) is 15.8. The molecular formula is C22H21ClFN5O4. The smallest absolute Gasteiger partial charge is 0.332 e. The topological polar surface area (TPSA) is 104 Å². The van der Waals surface area contributed by atoms with Crippen molar-refractivity contribution in [3.8, 4) is 11.8 Å². The Morgan fingerprint density at radius 1 is 1.18 bits per heavy atom. The number of halogens is 2. The van der Waals surface area contributed by atoms with Crippen molar-refractivity contribution < 1.29 is 14.2 Å². The third-order valence-corrected chi connectivity index (χ3v) is 5.43. The van der Waals surface area contributed by atoms with E-state index in [1.807, 2.05) is 0 Å². The largest absolute Gasteiger partial charge is 0.422 e. The summed E-state index contributed by atoms with van der Waals surface area (Å²) < 4.78 is 24.1. The molecule has 0 saturated heterocycles. The van der Waals surface area contributed by atoms with Gasteiger partial charge in [-0.1, -0.05) is 23.7 Å². The van der Waals surface area contributed by atoms with E-state index in [2.05, 4.69) is 9.97 Å². The molecule has 3 heterocycles. The molecule has 1 aromatic carbocycles. The van der Waals surface area contributed by atoms with E-state index in [1.54, 1.807) is 31.2 Å². The highest BCUT2D eigenvalue weighted by Crippen LogP contribution is 2.28. The zero-order chi connectivity index (χ0) is 23.7. The molecule has 0 radical (unpaired) electrons. The summed E-state index contributed by atoms with van der Waals surface area (Å²) in [6, 6.07) is 7.95. The van der Waals surface area contributed by atoms with Crippen LogP contribution in [-0.4, -0.2) is 35.4 Å². The standard InChI is InChI=1S/C22H21ClFN5O4/c1-13-5-3-6-16(17(13)24)33-21-26-19-18(29(21)12-15-8-7-14(23)11-25-15)20(31)28(9-4-10-30)22(32)27(19)2/h3,5-8,11,30H,4,9-10,12H2,1-2H3. The summed E-state index contributed by atoms with van der Waals surface area (Å²) in [5, 5.41) is 9.61. The fourth-order valence-electron chi connectivity index (χ4n) is 3.46. The molecule has 4 rings (SSSR count). The molecule has 33 heavy (non-hydrogen) atoms. The average molecular weight is 474 g/mol. The molecule has 0 bridgehead atoms. The molecule has 0 saturated carbocycles. The van der Waals surface area contributed by atoms with Crippen molar-refractivity contribution >= 4 is 22.8 Å². The van der Waals surface area contributed by atoms with Gasteiger partial charge in [0.05, 0.1) is 17.3 Å². The molecule has 0 aliphatic rings. The van der Waals surface area contributed by atoms with E-state index in [0.717, 1.165) is 4.57 Å². The third-order valence-electron chi connectivity index (χ3n) is 5.20. The van der Waals surface area contributed by atoms with Crippen LogP contribution in [-0.2, 0) is 20.1 Å². The van der Waals surface area contributed by atoms with E-state index in [1.165, 1.54) is 28.4 Å². The van der Waals surface area contributed by atoms with Crippen LogP contribution < -0.4 is 16.0 Å². The number of aliphatic hydroxyl groups is 1. The monoisotopic (exact) mass is 473 g/mol. The fourth-order valence-corrected chi connectivity index (χ4v) is 3.57. The van der Waals surface area contributed by atoms with Gasteiger partial charge in [-0.2, -0.15) is 4.98 Å². The molecule has 9 nitrogen and oxygen atoms in total. The van der Waals surface area contributed by atoms with Gasteiger partial charge in [0, 0.05) is 26.4 Å². The van der Waals surface area contributed by atoms with Crippen molar-refractivity contribution in [2.45, 2.75) is 26.4 Å². The van der Waals surface area contributed by atoms with E-state index in [-0.39, 0.29) is 49.0 Å². The Kier molecular flexibility index (Phi) is 6.30. The second-order valence-electron chi connectivity index (χ2n) is 7.49. The molecule has 0 aliphatic carbocycles. The van der Waals surface area contributed by atoms with Gasteiger partial charge in [0.2, 0.25) is 0 Å². The SMILES string of the molecule is Cc1cccc(Oc2nc3c(c(=O)n(CCCO)c(=O)n3C)n2Cc2ccc(Cl)cn2)c1F. The van der Waals surface area contributed by atoms with Gasteiger partial charge < -0.3 is 9.84 Å². The maximum Gasteiger partial charge on any atom is 0.332 e. The molecule has 4 aromatic rings. The Hall–Kier alpha value is -3.50. The Bertz CT molecular complexity index is 1440. The van der Waals surface area contributed by atoms with Gasteiger partial charge in [-0.15, -0.1) is 0 Å². The molecule has 0 atom stereocenters. The first-order valence-corrected chi connectivity index (χ1v) is 10.5. The number of aryl methyl sites for hydroxylation is 2. The molecule has 1 N–H and O–H groups in total. The van der Waals surface area contributed by atoms with Gasteiger partial charge in [0.25, 0.3) is 5.56 Å². The highest BCUT2D eigenvalue weighted by atomic mass is 35.5. The van der Waals surface area contributed by atoms with Crippen LogP contribution in [0.5, 0.6) is 11.8 Å². The fraction of sp³-hybridized carbons (Fsp3) is 0.273. The number of nitrogens with zero attached hydrogens (tertiary/aromatic N) is 5. The van der Waals surface area contributed by atoms with Gasteiger partial charge >= 0.3 is 11.7 Å². The van der Waals surface area contributed by atoms with E-state index in [4.69, 9.17) is 21.4 Å². The number of hydrogen-bond donors (Lipinski definition) is 1. The van der Waals surface area contributed by atoms with Crippen LogP contribution in [0.1, 0.15) is 17.7 Å². The molecule has 0 aliphatic heterocycles. The Balaban J connectivity index is 1.95. The number of hydrogen-bond acceptors (Lipinski definition) is 6. The first-order valence-electron chi connectivity index (χ1n) is 10.2. The Morgan fingerprint density at radius 3 is 2.67 bits per heavy atom. The predicted octanol–water partition coefficient (Wildman–Crippen LogP) is 2.62. The minimum Gasteiger partial charge on any atom is -0.422 e. The van der Waals surface area contributed by atoms with Gasteiger partial charge in [0.15, 0.2) is 22.7 Å². The second-order valence-corrected chi connectivity index (χ2v) is 7.92. The Labute approximate surface area is 192 Å². The summed E-state index contributed by atoms with van der Waals surface area (Å²) in [6.07, 6.45) is 1.69. The number of fused-ring (bicyclic) bond motifs is 1. The number of aromatic nitrogens is 5. The zero-order valence-corrected chi connectivity index (χ0v) is 18.7. The van der Waals surface area contributed by atoms with Crippen molar-refractivity contribution in [1.29, 1.82) is 0 Å². The van der Waals surface area contributed by atoms with Gasteiger partial charge in [0.1, 0.15) is 0 Å². The average Bonchev–Trinajstić information content (AvgIpc) is 3.15. The number of pyridine rings is 1. The van der Waals surface area contributed by atoms with Gasteiger partial charge in [-0.25, -0.2) is 9.18 Å². The van der Waals surface area contributed by atoms with Crippen LogP contribution in [0.15, 0.2) is 46.1 Å². The summed E-state index contributed by atoms with van der Waals surface area (Å²) >= 11 is 5.93.